The molecule has 8 nitrogen and oxygen atoms in total. The Morgan fingerprint density at radius 1 is 1.14 bits per heavy atom. The molecule has 1 aromatic carbocycles. The number of carboxylic acids is 1. The average molecular weight is 378 g/mol. The van der Waals surface area contributed by atoms with E-state index in [0.29, 0.717) is 23.8 Å². The maximum atomic E-state index is 12.7. The number of carbonyl (C=O) groups excluding carboxylic acids is 1. The molecular formula is C20H18N4O4. The van der Waals surface area contributed by atoms with E-state index in [9.17, 15) is 14.7 Å². The zero-order valence-electron chi connectivity index (χ0n) is 15.0. The highest BCUT2D eigenvalue weighted by molar-refractivity contribution is 5.84. The number of nitrogens with zero attached hydrogens (tertiary/aromatic N) is 4. The van der Waals surface area contributed by atoms with E-state index in [1.165, 1.54) is 4.90 Å². The molecule has 1 N–H and O–H groups in total. The third kappa shape index (κ3) is 3.62. The Bertz CT molecular complexity index is 1000. The molecule has 142 valence electrons. The summed E-state index contributed by atoms with van der Waals surface area (Å²) in [6.45, 7) is 0.287. The molecule has 0 saturated heterocycles. The molecule has 1 amide bonds. The van der Waals surface area contributed by atoms with Crippen LogP contribution in [0.25, 0.3) is 11.5 Å². The second kappa shape index (κ2) is 7.59. The van der Waals surface area contributed by atoms with Crippen molar-refractivity contribution >= 4 is 11.9 Å². The molecule has 2 aromatic heterocycles. The Morgan fingerprint density at radius 3 is 2.68 bits per heavy atom. The molecule has 0 fully saturated rings. The lowest BCUT2D eigenvalue weighted by Crippen LogP contribution is -2.48. The van der Waals surface area contributed by atoms with Gasteiger partial charge in [-0.15, -0.1) is 0 Å². The van der Waals surface area contributed by atoms with Crippen molar-refractivity contribution in [2.45, 2.75) is 31.8 Å². The van der Waals surface area contributed by atoms with Crippen molar-refractivity contribution in [1.29, 1.82) is 0 Å². The van der Waals surface area contributed by atoms with Crippen LogP contribution in [0, 0.1) is 0 Å². The van der Waals surface area contributed by atoms with Gasteiger partial charge in [0.2, 0.25) is 17.6 Å². The Hall–Kier alpha value is -3.55. The predicted octanol–water partition coefficient (Wildman–Crippen LogP) is 2.10. The molecule has 0 saturated carbocycles. The highest BCUT2D eigenvalue weighted by atomic mass is 16.5. The lowest BCUT2D eigenvalue weighted by atomic mass is 9.93. The smallest absolute Gasteiger partial charge is 0.326 e. The van der Waals surface area contributed by atoms with Gasteiger partial charge in [-0.1, -0.05) is 35.5 Å². The Kier molecular flexibility index (Phi) is 4.84. The molecule has 8 heteroatoms. The van der Waals surface area contributed by atoms with Crippen LogP contribution in [0.4, 0.5) is 0 Å². The van der Waals surface area contributed by atoms with Crippen molar-refractivity contribution in [2.24, 2.45) is 0 Å². The van der Waals surface area contributed by atoms with E-state index in [-0.39, 0.29) is 25.3 Å². The third-order valence-electron chi connectivity index (χ3n) is 4.77. The lowest BCUT2D eigenvalue weighted by molar-refractivity contribution is -0.151. The number of aromatic nitrogens is 3. The number of benzene rings is 1. The van der Waals surface area contributed by atoms with Crippen LogP contribution in [-0.4, -0.2) is 43.0 Å². The highest BCUT2D eigenvalue weighted by Crippen LogP contribution is 2.24. The number of pyridine rings is 1. The zero-order valence-corrected chi connectivity index (χ0v) is 15.0. The van der Waals surface area contributed by atoms with Gasteiger partial charge in [-0.2, -0.15) is 4.98 Å². The molecule has 0 aliphatic carbocycles. The van der Waals surface area contributed by atoms with Gasteiger partial charge in [-0.05, 0) is 23.3 Å². The first-order valence-electron chi connectivity index (χ1n) is 8.95. The first-order chi connectivity index (χ1) is 13.6. The van der Waals surface area contributed by atoms with Crippen molar-refractivity contribution < 1.29 is 19.2 Å². The molecule has 1 unspecified atom stereocenters. The van der Waals surface area contributed by atoms with E-state index in [2.05, 4.69) is 15.1 Å². The van der Waals surface area contributed by atoms with E-state index >= 15 is 0 Å². The summed E-state index contributed by atoms with van der Waals surface area (Å²) in [5, 5.41) is 13.4. The first-order valence-corrected chi connectivity index (χ1v) is 8.95. The number of rotatable bonds is 5. The van der Waals surface area contributed by atoms with E-state index in [1.54, 1.807) is 18.3 Å². The first kappa shape index (κ1) is 17.8. The number of hydrogen-bond donors (Lipinski definition) is 1. The number of carboxylic acid groups (broad SMARTS) is 1. The van der Waals surface area contributed by atoms with Gasteiger partial charge < -0.3 is 14.5 Å². The Morgan fingerprint density at radius 2 is 1.93 bits per heavy atom. The van der Waals surface area contributed by atoms with Crippen LogP contribution in [0.15, 0.2) is 53.2 Å². The van der Waals surface area contributed by atoms with Crippen LogP contribution >= 0.6 is 0 Å². The maximum Gasteiger partial charge on any atom is 0.326 e. The van der Waals surface area contributed by atoms with Gasteiger partial charge in [-0.3, -0.25) is 9.78 Å². The average Bonchev–Trinajstić information content (AvgIpc) is 3.20. The quantitative estimate of drug-likeness (QED) is 0.724. The number of hydrogen-bond acceptors (Lipinski definition) is 6. The van der Waals surface area contributed by atoms with Crippen molar-refractivity contribution in [2.75, 3.05) is 0 Å². The maximum absolute atomic E-state index is 12.7. The number of carbonyl (C=O) groups is 2. The van der Waals surface area contributed by atoms with Crippen molar-refractivity contribution in [3.05, 3.63) is 65.7 Å². The summed E-state index contributed by atoms with van der Waals surface area (Å²) in [7, 11) is 0. The third-order valence-corrected chi connectivity index (χ3v) is 4.77. The molecule has 1 aliphatic rings. The minimum Gasteiger partial charge on any atom is -0.480 e. The van der Waals surface area contributed by atoms with E-state index in [4.69, 9.17) is 4.52 Å². The van der Waals surface area contributed by atoms with Crippen LogP contribution in [0.2, 0.25) is 0 Å². The summed E-state index contributed by atoms with van der Waals surface area (Å²) in [5.41, 5.74) is 2.53. The van der Waals surface area contributed by atoms with Gasteiger partial charge in [0.25, 0.3) is 0 Å². The SMILES string of the molecule is O=C(O)C1Cc2ccccc2CN1C(=O)CCc1nc(-c2ccccn2)no1. The summed E-state index contributed by atoms with van der Waals surface area (Å²) >= 11 is 0. The molecule has 1 atom stereocenters. The van der Waals surface area contributed by atoms with Crippen molar-refractivity contribution in [3.63, 3.8) is 0 Å². The van der Waals surface area contributed by atoms with Crippen LogP contribution in [0.5, 0.6) is 0 Å². The summed E-state index contributed by atoms with van der Waals surface area (Å²) in [5.74, 6) is -0.575. The fourth-order valence-electron chi connectivity index (χ4n) is 3.32. The van der Waals surface area contributed by atoms with E-state index < -0.39 is 12.0 Å². The Labute approximate surface area is 160 Å². The molecule has 0 radical (unpaired) electrons. The summed E-state index contributed by atoms with van der Waals surface area (Å²) in [6, 6.07) is 12.1. The molecule has 4 rings (SSSR count). The minimum absolute atomic E-state index is 0.0931. The number of aryl methyl sites for hydroxylation is 1. The largest absolute Gasteiger partial charge is 0.480 e. The lowest BCUT2D eigenvalue weighted by Gasteiger charge is -2.34. The molecule has 28 heavy (non-hydrogen) atoms. The van der Waals surface area contributed by atoms with Gasteiger partial charge in [-0.25, -0.2) is 4.79 Å². The number of fused-ring (bicyclic) bond motifs is 1. The fourth-order valence-corrected chi connectivity index (χ4v) is 3.32. The Balaban J connectivity index is 1.44. The monoisotopic (exact) mass is 378 g/mol. The van der Waals surface area contributed by atoms with Crippen LogP contribution in [0.3, 0.4) is 0 Å². The minimum atomic E-state index is -1.00. The topological polar surface area (TPSA) is 109 Å². The predicted molar refractivity (Wildman–Crippen MR) is 98.0 cm³/mol. The van der Waals surface area contributed by atoms with Gasteiger partial charge >= 0.3 is 5.97 Å². The summed E-state index contributed by atoms with van der Waals surface area (Å²) in [4.78, 5) is 34.2. The summed E-state index contributed by atoms with van der Waals surface area (Å²) < 4.78 is 5.20. The second-order valence-corrected chi connectivity index (χ2v) is 6.58. The molecule has 3 aromatic rings. The molecule has 0 spiro atoms. The normalized spacial score (nSPS) is 15.9. The second-order valence-electron chi connectivity index (χ2n) is 6.58. The molecule has 1 aliphatic heterocycles. The zero-order chi connectivity index (χ0) is 19.5. The van der Waals surface area contributed by atoms with Crippen LogP contribution in [0.1, 0.15) is 23.4 Å². The van der Waals surface area contributed by atoms with E-state index in [1.807, 2.05) is 30.3 Å². The van der Waals surface area contributed by atoms with Crippen LogP contribution in [-0.2, 0) is 29.0 Å². The van der Waals surface area contributed by atoms with Gasteiger partial charge in [0.15, 0.2) is 0 Å². The molecule has 3 heterocycles. The van der Waals surface area contributed by atoms with Gasteiger partial charge in [0.1, 0.15) is 11.7 Å². The molecular weight excluding hydrogens is 360 g/mol. The standard InChI is InChI=1S/C20H18N4O4/c25-18(9-8-17-22-19(23-28-17)15-7-3-4-10-21-15)24-12-14-6-2-1-5-13(14)11-16(24)20(26)27/h1-7,10,16H,8-9,11-12H2,(H,26,27). The fraction of sp³-hybridized carbons (Fsp3) is 0.250. The van der Waals surface area contributed by atoms with Crippen molar-refractivity contribution in [3.8, 4) is 11.5 Å². The van der Waals surface area contributed by atoms with E-state index in [0.717, 1.165) is 11.1 Å². The van der Waals surface area contributed by atoms with Gasteiger partial charge in [0, 0.05) is 32.0 Å². The highest BCUT2D eigenvalue weighted by Gasteiger charge is 2.34. The molecule has 0 bridgehead atoms. The van der Waals surface area contributed by atoms with Crippen molar-refractivity contribution in [1.82, 2.24) is 20.0 Å². The summed E-state index contributed by atoms with van der Waals surface area (Å²) in [6.07, 6.45) is 2.27. The van der Waals surface area contributed by atoms with Crippen LogP contribution < -0.4 is 0 Å². The number of aliphatic carboxylic acids is 1. The number of amides is 1. The van der Waals surface area contributed by atoms with Gasteiger partial charge in [0.05, 0.1) is 0 Å².